The second kappa shape index (κ2) is 2.48. The van der Waals surface area contributed by atoms with Crippen LogP contribution >= 0.6 is 0 Å². The molecule has 2 atom stereocenters. The van der Waals surface area contributed by atoms with Crippen LogP contribution in [-0.4, -0.2) is 24.2 Å². The van der Waals surface area contributed by atoms with Crippen LogP contribution in [0.15, 0.2) is 0 Å². The van der Waals surface area contributed by atoms with Gasteiger partial charge in [-0.25, -0.2) is 0 Å². The van der Waals surface area contributed by atoms with Crippen LogP contribution in [0, 0.1) is 0 Å². The van der Waals surface area contributed by atoms with E-state index in [-0.39, 0.29) is 18.1 Å². The lowest BCUT2D eigenvalue weighted by molar-refractivity contribution is -0.142. The molecule has 11 heavy (non-hydrogen) atoms. The first-order valence-electron chi connectivity index (χ1n) is 4.22. The van der Waals surface area contributed by atoms with Gasteiger partial charge in [-0.3, -0.25) is 4.79 Å². The fourth-order valence-electron chi connectivity index (χ4n) is 1.43. The molecule has 0 aromatic rings. The van der Waals surface area contributed by atoms with E-state index in [1.807, 2.05) is 6.92 Å². The molecule has 62 valence electrons. The van der Waals surface area contributed by atoms with E-state index in [1.165, 1.54) is 12.8 Å². The molecule has 0 radical (unpaired) electrons. The van der Waals surface area contributed by atoms with Gasteiger partial charge in [0.1, 0.15) is 12.1 Å². The smallest absolute Gasteiger partial charge is 0.323 e. The lowest BCUT2D eigenvalue weighted by Crippen LogP contribution is -2.34. The number of cyclic esters (lactones) is 1. The van der Waals surface area contributed by atoms with E-state index in [9.17, 15) is 4.79 Å². The minimum atomic E-state index is -0.0654. The van der Waals surface area contributed by atoms with Crippen LogP contribution in [0.3, 0.4) is 0 Å². The summed E-state index contributed by atoms with van der Waals surface area (Å²) in [5.74, 6) is -0.0654. The molecule has 2 aliphatic rings. The van der Waals surface area contributed by atoms with Gasteiger partial charge in [-0.05, 0) is 19.8 Å². The van der Waals surface area contributed by atoms with Crippen molar-refractivity contribution in [3.8, 4) is 0 Å². The summed E-state index contributed by atoms with van der Waals surface area (Å²) in [6, 6.07) is 0.579. The Morgan fingerprint density at radius 1 is 1.55 bits per heavy atom. The van der Waals surface area contributed by atoms with Crippen molar-refractivity contribution in [3.05, 3.63) is 0 Å². The summed E-state index contributed by atoms with van der Waals surface area (Å²) in [6.45, 7) is 1.94. The molecule has 2 unspecified atom stereocenters. The molecule has 0 aromatic heterocycles. The van der Waals surface area contributed by atoms with Crippen molar-refractivity contribution in [2.24, 2.45) is 0 Å². The molecule has 1 saturated carbocycles. The first-order chi connectivity index (χ1) is 5.25. The van der Waals surface area contributed by atoms with Crippen LogP contribution in [-0.2, 0) is 9.53 Å². The number of hydrogen-bond donors (Lipinski definition) is 1. The van der Waals surface area contributed by atoms with Gasteiger partial charge in [-0.2, -0.15) is 0 Å². The van der Waals surface area contributed by atoms with Crippen molar-refractivity contribution in [2.75, 3.05) is 0 Å². The van der Waals surface area contributed by atoms with E-state index < -0.39 is 0 Å². The predicted octanol–water partition coefficient (Wildman–Crippen LogP) is 0.442. The van der Waals surface area contributed by atoms with Crippen molar-refractivity contribution in [1.82, 2.24) is 5.32 Å². The zero-order chi connectivity index (χ0) is 7.84. The molecule has 2 rings (SSSR count). The van der Waals surface area contributed by atoms with Crippen molar-refractivity contribution in [2.45, 2.75) is 44.4 Å². The third-order valence-corrected chi connectivity index (χ3v) is 2.18. The van der Waals surface area contributed by atoms with Crippen LogP contribution < -0.4 is 5.32 Å². The fraction of sp³-hybridized carbons (Fsp3) is 0.875. The van der Waals surface area contributed by atoms with E-state index in [2.05, 4.69) is 5.32 Å². The van der Waals surface area contributed by atoms with Crippen molar-refractivity contribution < 1.29 is 9.53 Å². The van der Waals surface area contributed by atoms with Gasteiger partial charge in [-0.15, -0.1) is 0 Å². The van der Waals surface area contributed by atoms with Crippen LogP contribution in [0.5, 0.6) is 0 Å². The van der Waals surface area contributed by atoms with Crippen molar-refractivity contribution in [1.29, 1.82) is 0 Å². The van der Waals surface area contributed by atoms with Gasteiger partial charge < -0.3 is 10.1 Å². The van der Waals surface area contributed by atoms with Crippen LogP contribution in [0.1, 0.15) is 26.2 Å². The van der Waals surface area contributed by atoms with Gasteiger partial charge in [0, 0.05) is 12.5 Å². The molecule has 0 bridgehead atoms. The Balaban J connectivity index is 1.87. The largest absolute Gasteiger partial charge is 0.461 e. The Morgan fingerprint density at radius 2 is 2.27 bits per heavy atom. The number of rotatable bonds is 2. The zero-order valence-corrected chi connectivity index (χ0v) is 6.67. The highest BCUT2D eigenvalue weighted by Crippen LogP contribution is 2.23. The van der Waals surface area contributed by atoms with E-state index >= 15 is 0 Å². The summed E-state index contributed by atoms with van der Waals surface area (Å²) in [5.41, 5.74) is 0. The maximum atomic E-state index is 11.1. The molecule has 0 amide bonds. The number of carbonyl (C=O) groups excluding carboxylic acids is 1. The summed E-state index contributed by atoms with van der Waals surface area (Å²) in [7, 11) is 0. The normalized spacial score (nSPS) is 37.4. The lowest BCUT2D eigenvalue weighted by Gasteiger charge is -2.05. The van der Waals surface area contributed by atoms with Gasteiger partial charge in [0.2, 0.25) is 0 Å². The minimum Gasteiger partial charge on any atom is -0.461 e. The number of carbonyl (C=O) groups is 1. The van der Waals surface area contributed by atoms with Gasteiger partial charge in [0.15, 0.2) is 0 Å². The summed E-state index contributed by atoms with van der Waals surface area (Å²) in [5, 5.41) is 3.26. The lowest BCUT2D eigenvalue weighted by atomic mass is 10.2. The third kappa shape index (κ3) is 1.53. The SMILES string of the molecule is CC1CC(NC2CC2)C(=O)O1. The Bertz CT molecular complexity index is 177. The number of hydrogen-bond acceptors (Lipinski definition) is 3. The van der Waals surface area contributed by atoms with Crippen molar-refractivity contribution >= 4 is 5.97 Å². The summed E-state index contributed by atoms with van der Waals surface area (Å²) >= 11 is 0. The molecular formula is C8H13NO2. The van der Waals surface area contributed by atoms with Crippen LogP contribution in [0.25, 0.3) is 0 Å². The molecule has 1 N–H and O–H groups in total. The summed E-state index contributed by atoms with van der Waals surface area (Å²) in [4.78, 5) is 11.1. The Hall–Kier alpha value is -0.570. The zero-order valence-electron chi connectivity index (χ0n) is 6.67. The molecular weight excluding hydrogens is 142 g/mol. The quantitative estimate of drug-likeness (QED) is 0.588. The van der Waals surface area contributed by atoms with E-state index in [1.54, 1.807) is 0 Å². The topological polar surface area (TPSA) is 38.3 Å². The highest BCUT2D eigenvalue weighted by molar-refractivity contribution is 5.78. The third-order valence-electron chi connectivity index (χ3n) is 2.18. The number of ether oxygens (including phenoxy) is 1. The summed E-state index contributed by atoms with van der Waals surface area (Å²) < 4.78 is 5.00. The highest BCUT2D eigenvalue weighted by atomic mass is 16.6. The molecule has 3 nitrogen and oxygen atoms in total. The molecule has 1 aliphatic heterocycles. The molecule has 0 spiro atoms. The number of nitrogens with one attached hydrogen (secondary N) is 1. The van der Waals surface area contributed by atoms with Gasteiger partial charge in [0.05, 0.1) is 0 Å². The minimum absolute atomic E-state index is 0.0162. The predicted molar refractivity (Wildman–Crippen MR) is 40.1 cm³/mol. The second-order valence-corrected chi connectivity index (χ2v) is 3.48. The van der Waals surface area contributed by atoms with E-state index in [0.29, 0.717) is 6.04 Å². The average Bonchev–Trinajstić information content (AvgIpc) is 2.64. The fourth-order valence-corrected chi connectivity index (χ4v) is 1.43. The molecule has 1 saturated heterocycles. The standard InChI is InChI=1S/C8H13NO2/c1-5-4-7(8(10)11-5)9-6-2-3-6/h5-7,9H,2-4H2,1H3. The molecule has 0 aromatic carbocycles. The van der Waals surface area contributed by atoms with E-state index in [4.69, 9.17) is 4.74 Å². The monoisotopic (exact) mass is 155 g/mol. The summed E-state index contributed by atoms with van der Waals surface area (Å²) in [6.07, 6.45) is 3.39. The first kappa shape index (κ1) is 7.10. The van der Waals surface area contributed by atoms with Crippen LogP contribution in [0.2, 0.25) is 0 Å². The van der Waals surface area contributed by atoms with Gasteiger partial charge in [-0.1, -0.05) is 0 Å². The highest BCUT2D eigenvalue weighted by Gasteiger charge is 2.35. The Labute approximate surface area is 66.1 Å². The maximum Gasteiger partial charge on any atom is 0.323 e. The second-order valence-electron chi connectivity index (χ2n) is 3.48. The average molecular weight is 155 g/mol. The molecule has 3 heteroatoms. The molecule has 2 fully saturated rings. The first-order valence-corrected chi connectivity index (χ1v) is 4.22. The number of esters is 1. The van der Waals surface area contributed by atoms with Crippen molar-refractivity contribution in [3.63, 3.8) is 0 Å². The Morgan fingerprint density at radius 3 is 2.73 bits per heavy atom. The van der Waals surface area contributed by atoms with Gasteiger partial charge >= 0.3 is 5.97 Å². The van der Waals surface area contributed by atoms with Gasteiger partial charge in [0.25, 0.3) is 0 Å². The maximum absolute atomic E-state index is 11.1. The van der Waals surface area contributed by atoms with Crippen LogP contribution in [0.4, 0.5) is 0 Å². The molecule has 1 heterocycles. The Kier molecular flexibility index (Phi) is 1.60. The molecule has 1 aliphatic carbocycles. The van der Waals surface area contributed by atoms with E-state index in [0.717, 1.165) is 6.42 Å².